The molecule has 0 bridgehead atoms. The van der Waals surface area contributed by atoms with Crippen molar-refractivity contribution in [3.05, 3.63) is 54.1 Å². The van der Waals surface area contributed by atoms with E-state index < -0.39 is 0 Å². The molecule has 0 saturated carbocycles. The second kappa shape index (κ2) is 7.87. The van der Waals surface area contributed by atoms with Crippen molar-refractivity contribution in [1.29, 1.82) is 0 Å². The molecule has 1 aliphatic rings. The zero-order valence-corrected chi connectivity index (χ0v) is 15.5. The third-order valence-electron chi connectivity index (χ3n) is 4.69. The largest absolute Gasteiger partial charge is 0.352 e. The zero-order valence-electron chi connectivity index (χ0n) is 14.7. The van der Waals surface area contributed by atoms with Crippen molar-refractivity contribution in [3.8, 4) is 11.1 Å². The van der Waals surface area contributed by atoms with Crippen LogP contribution in [0, 0.1) is 5.82 Å². The highest BCUT2D eigenvalue weighted by Crippen LogP contribution is 2.26. The fourth-order valence-electron chi connectivity index (χ4n) is 3.33. The van der Waals surface area contributed by atoms with Crippen LogP contribution in [-0.2, 0) is 11.3 Å². The normalized spacial score (nSPS) is 16.6. The minimum absolute atomic E-state index is 0.0743. The number of aromatic nitrogens is 3. The van der Waals surface area contributed by atoms with Crippen molar-refractivity contribution in [1.82, 2.24) is 20.1 Å². The van der Waals surface area contributed by atoms with E-state index in [4.69, 9.17) is 0 Å². The maximum absolute atomic E-state index is 13.0. The van der Waals surface area contributed by atoms with Crippen molar-refractivity contribution in [2.75, 3.05) is 18.0 Å². The van der Waals surface area contributed by atoms with E-state index in [0.29, 0.717) is 6.54 Å². The SMILES string of the molecule is O=C(Cn1cc(-c2ccc(F)cc2)cn1)NCC1CCCN1c1nccs1. The first-order valence-corrected chi connectivity index (χ1v) is 9.78. The first-order chi connectivity index (χ1) is 13.2. The Labute approximate surface area is 160 Å². The quantitative estimate of drug-likeness (QED) is 0.709. The number of carbonyl (C=O) groups excluding carboxylic acids is 1. The molecule has 3 heterocycles. The summed E-state index contributed by atoms with van der Waals surface area (Å²) in [5.41, 5.74) is 1.72. The molecule has 0 radical (unpaired) electrons. The highest BCUT2D eigenvalue weighted by Gasteiger charge is 2.26. The number of amides is 1. The van der Waals surface area contributed by atoms with Gasteiger partial charge in [0.1, 0.15) is 12.4 Å². The van der Waals surface area contributed by atoms with E-state index in [2.05, 4.69) is 20.3 Å². The van der Waals surface area contributed by atoms with Gasteiger partial charge in [-0.3, -0.25) is 9.48 Å². The molecule has 1 unspecified atom stereocenters. The molecule has 0 aliphatic carbocycles. The third-order valence-corrected chi connectivity index (χ3v) is 5.50. The van der Waals surface area contributed by atoms with Gasteiger partial charge in [0.05, 0.1) is 6.20 Å². The van der Waals surface area contributed by atoms with Gasteiger partial charge in [0.15, 0.2) is 5.13 Å². The lowest BCUT2D eigenvalue weighted by atomic mass is 10.1. The van der Waals surface area contributed by atoms with Gasteiger partial charge < -0.3 is 10.2 Å². The van der Waals surface area contributed by atoms with Crippen LogP contribution in [0.4, 0.5) is 9.52 Å². The number of nitrogens with zero attached hydrogens (tertiary/aromatic N) is 4. The molecule has 1 atom stereocenters. The van der Waals surface area contributed by atoms with Gasteiger partial charge in [0.25, 0.3) is 0 Å². The summed E-state index contributed by atoms with van der Waals surface area (Å²) >= 11 is 1.63. The van der Waals surface area contributed by atoms with Crippen LogP contribution in [0.2, 0.25) is 0 Å². The van der Waals surface area contributed by atoms with E-state index in [-0.39, 0.29) is 24.3 Å². The number of benzene rings is 1. The van der Waals surface area contributed by atoms with Crippen LogP contribution in [0.5, 0.6) is 0 Å². The molecule has 27 heavy (non-hydrogen) atoms. The standard InChI is InChI=1S/C19H20FN5OS/c20-16-5-3-14(4-6-16)15-10-23-24(12-15)13-18(26)22-11-17-2-1-8-25(17)19-21-7-9-27-19/h3-7,9-10,12,17H,1-2,8,11,13H2,(H,22,26). The van der Waals surface area contributed by atoms with Crippen LogP contribution in [0.1, 0.15) is 12.8 Å². The summed E-state index contributed by atoms with van der Waals surface area (Å²) < 4.78 is 14.6. The second-order valence-electron chi connectivity index (χ2n) is 6.54. The summed E-state index contributed by atoms with van der Waals surface area (Å²) in [4.78, 5) is 18.9. The van der Waals surface area contributed by atoms with E-state index in [9.17, 15) is 9.18 Å². The van der Waals surface area contributed by atoms with Crippen LogP contribution >= 0.6 is 11.3 Å². The van der Waals surface area contributed by atoms with Crippen LogP contribution in [0.25, 0.3) is 11.1 Å². The summed E-state index contributed by atoms with van der Waals surface area (Å²) in [6.45, 7) is 1.74. The van der Waals surface area contributed by atoms with Crippen LogP contribution in [-0.4, -0.2) is 39.8 Å². The monoisotopic (exact) mass is 385 g/mol. The van der Waals surface area contributed by atoms with Gasteiger partial charge in [-0.05, 0) is 30.5 Å². The minimum atomic E-state index is -0.274. The lowest BCUT2D eigenvalue weighted by molar-refractivity contribution is -0.121. The van der Waals surface area contributed by atoms with Gasteiger partial charge in [-0.1, -0.05) is 12.1 Å². The number of hydrogen-bond acceptors (Lipinski definition) is 5. The lowest BCUT2D eigenvalue weighted by Gasteiger charge is -2.24. The number of nitrogens with one attached hydrogen (secondary N) is 1. The number of hydrogen-bond donors (Lipinski definition) is 1. The van der Waals surface area contributed by atoms with E-state index in [1.165, 1.54) is 12.1 Å². The Balaban J connectivity index is 1.31. The van der Waals surface area contributed by atoms with Crippen LogP contribution < -0.4 is 10.2 Å². The van der Waals surface area contributed by atoms with E-state index >= 15 is 0 Å². The highest BCUT2D eigenvalue weighted by atomic mass is 32.1. The van der Waals surface area contributed by atoms with Crippen molar-refractivity contribution in [2.24, 2.45) is 0 Å². The summed E-state index contributed by atoms with van der Waals surface area (Å²) in [6, 6.07) is 6.51. The minimum Gasteiger partial charge on any atom is -0.352 e. The fourth-order valence-corrected chi connectivity index (χ4v) is 4.07. The Morgan fingerprint density at radius 1 is 1.30 bits per heavy atom. The number of rotatable bonds is 6. The Kier molecular flexibility index (Phi) is 5.15. The molecule has 8 heteroatoms. The molecule has 1 aliphatic heterocycles. The second-order valence-corrected chi connectivity index (χ2v) is 7.41. The first-order valence-electron chi connectivity index (χ1n) is 8.90. The first kappa shape index (κ1) is 17.7. The number of anilines is 1. The smallest absolute Gasteiger partial charge is 0.241 e. The third kappa shape index (κ3) is 4.16. The van der Waals surface area contributed by atoms with Gasteiger partial charge in [-0.15, -0.1) is 11.3 Å². The average Bonchev–Trinajstić information content (AvgIpc) is 3.41. The molecule has 0 spiro atoms. The number of thiazole rings is 1. The van der Waals surface area contributed by atoms with Crippen molar-refractivity contribution >= 4 is 22.4 Å². The number of carbonyl (C=O) groups is 1. The van der Waals surface area contributed by atoms with Gasteiger partial charge in [0.2, 0.25) is 5.91 Å². The Morgan fingerprint density at radius 2 is 2.15 bits per heavy atom. The Bertz CT molecular complexity index is 893. The van der Waals surface area contributed by atoms with Crippen LogP contribution in [0.15, 0.2) is 48.2 Å². The van der Waals surface area contributed by atoms with E-state index in [1.807, 2.05) is 11.6 Å². The van der Waals surface area contributed by atoms with Gasteiger partial charge in [-0.25, -0.2) is 9.37 Å². The van der Waals surface area contributed by atoms with E-state index in [1.54, 1.807) is 40.5 Å². The van der Waals surface area contributed by atoms with Crippen molar-refractivity contribution in [3.63, 3.8) is 0 Å². The molecule has 1 N–H and O–H groups in total. The molecular formula is C19H20FN5OS. The maximum atomic E-state index is 13.0. The highest BCUT2D eigenvalue weighted by molar-refractivity contribution is 7.13. The summed E-state index contributed by atoms with van der Waals surface area (Å²) in [5, 5.41) is 10.2. The van der Waals surface area contributed by atoms with Gasteiger partial charge in [0, 0.05) is 42.5 Å². The molecule has 1 saturated heterocycles. The van der Waals surface area contributed by atoms with Crippen molar-refractivity contribution < 1.29 is 9.18 Å². The average molecular weight is 385 g/mol. The molecule has 6 nitrogen and oxygen atoms in total. The molecule has 1 fully saturated rings. The topological polar surface area (TPSA) is 63.1 Å². The molecular weight excluding hydrogens is 365 g/mol. The molecule has 1 amide bonds. The summed E-state index contributed by atoms with van der Waals surface area (Å²) in [6.07, 6.45) is 7.45. The molecule has 140 valence electrons. The molecule has 3 aromatic rings. The fraction of sp³-hybridized carbons (Fsp3) is 0.316. The predicted molar refractivity (Wildman–Crippen MR) is 103 cm³/mol. The Hall–Kier alpha value is -2.74. The van der Waals surface area contributed by atoms with Gasteiger partial charge >= 0.3 is 0 Å². The summed E-state index contributed by atoms with van der Waals surface area (Å²) in [7, 11) is 0. The predicted octanol–water partition coefficient (Wildman–Crippen LogP) is 2.93. The van der Waals surface area contributed by atoms with Gasteiger partial charge in [-0.2, -0.15) is 5.10 Å². The number of halogens is 1. The summed E-state index contributed by atoms with van der Waals surface area (Å²) in [5.74, 6) is -0.348. The maximum Gasteiger partial charge on any atom is 0.241 e. The lowest BCUT2D eigenvalue weighted by Crippen LogP contribution is -2.41. The molecule has 4 rings (SSSR count). The molecule has 2 aromatic heterocycles. The zero-order chi connectivity index (χ0) is 18.6. The van der Waals surface area contributed by atoms with Crippen molar-refractivity contribution in [2.45, 2.75) is 25.4 Å². The Morgan fingerprint density at radius 3 is 2.93 bits per heavy atom. The van der Waals surface area contributed by atoms with Crippen LogP contribution in [0.3, 0.4) is 0 Å². The molecule has 1 aromatic carbocycles. The van der Waals surface area contributed by atoms with E-state index in [0.717, 1.165) is 35.6 Å².